The standard InChI is InChI=1S/C13H20ClNS/c1-10-9-12(16-13(10)14)5-3-2-4-8-15-11-6-7-11/h9,11,15H,2-8H2,1H3. The van der Waals surface area contributed by atoms with E-state index in [0.29, 0.717) is 0 Å². The van der Waals surface area contributed by atoms with Crippen LogP contribution in [0.3, 0.4) is 0 Å². The van der Waals surface area contributed by atoms with Crippen molar-refractivity contribution in [2.75, 3.05) is 6.54 Å². The number of hydrogen-bond donors (Lipinski definition) is 1. The molecule has 1 aliphatic rings. The highest BCUT2D eigenvalue weighted by molar-refractivity contribution is 7.16. The third-order valence-electron chi connectivity index (χ3n) is 3.02. The zero-order valence-electron chi connectivity index (χ0n) is 9.89. The van der Waals surface area contributed by atoms with Crippen LogP contribution in [0.4, 0.5) is 0 Å². The summed E-state index contributed by atoms with van der Waals surface area (Å²) < 4.78 is 0.963. The molecule has 0 saturated heterocycles. The Hall–Kier alpha value is -0.0500. The van der Waals surface area contributed by atoms with Gasteiger partial charge in [0.15, 0.2) is 0 Å². The number of rotatable bonds is 7. The van der Waals surface area contributed by atoms with Gasteiger partial charge in [-0.1, -0.05) is 18.0 Å². The normalized spacial score (nSPS) is 15.6. The van der Waals surface area contributed by atoms with E-state index >= 15 is 0 Å². The Morgan fingerprint density at radius 2 is 2.19 bits per heavy atom. The van der Waals surface area contributed by atoms with Crippen molar-refractivity contribution in [1.82, 2.24) is 5.32 Å². The molecule has 3 heteroatoms. The fraction of sp³-hybridized carbons (Fsp3) is 0.692. The van der Waals surface area contributed by atoms with Gasteiger partial charge in [-0.2, -0.15) is 0 Å². The van der Waals surface area contributed by atoms with Crippen LogP contribution in [0, 0.1) is 6.92 Å². The van der Waals surface area contributed by atoms with Gasteiger partial charge in [0.05, 0.1) is 4.34 Å². The predicted molar refractivity (Wildman–Crippen MR) is 72.6 cm³/mol. The molecule has 2 rings (SSSR count). The summed E-state index contributed by atoms with van der Waals surface area (Å²) in [6.45, 7) is 3.29. The molecular weight excluding hydrogens is 238 g/mol. The lowest BCUT2D eigenvalue weighted by atomic mass is 10.1. The summed E-state index contributed by atoms with van der Waals surface area (Å²) in [5.41, 5.74) is 1.23. The molecule has 0 radical (unpaired) electrons. The molecular formula is C13H20ClNS. The maximum atomic E-state index is 6.04. The molecule has 1 N–H and O–H groups in total. The van der Waals surface area contributed by atoms with Crippen molar-refractivity contribution in [2.45, 2.75) is 51.5 Å². The first-order valence-electron chi connectivity index (χ1n) is 6.24. The summed E-state index contributed by atoms with van der Waals surface area (Å²) in [6.07, 6.45) is 7.92. The third kappa shape index (κ3) is 4.08. The average Bonchev–Trinajstić information content (AvgIpc) is 3.01. The first-order valence-corrected chi connectivity index (χ1v) is 7.43. The molecule has 0 aromatic carbocycles. The highest BCUT2D eigenvalue weighted by Crippen LogP contribution is 2.27. The fourth-order valence-corrected chi connectivity index (χ4v) is 3.13. The van der Waals surface area contributed by atoms with E-state index in [9.17, 15) is 0 Å². The lowest BCUT2D eigenvalue weighted by Crippen LogP contribution is -2.17. The Labute approximate surface area is 107 Å². The van der Waals surface area contributed by atoms with Crippen LogP contribution in [0.25, 0.3) is 0 Å². The Balaban J connectivity index is 1.53. The summed E-state index contributed by atoms with van der Waals surface area (Å²) in [4.78, 5) is 1.44. The van der Waals surface area contributed by atoms with Crippen molar-refractivity contribution in [1.29, 1.82) is 0 Å². The smallest absolute Gasteiger partial charge is 0.0960 e. The van der Waals surface area contributed by atoms with E-state index in [1.54, 1.807) is 11.3 Å². The Morgan fingerprint density at radius 1 is 1.38 bits per heavy atom. The fourth-order valence-electron chi connectivity index (χ4n) is 1.84. The predicted octanol–water partition coefficient (Wildman–Crippen LogP) is 4.17. The van der Waals surface area contributed by atoms with Crippen LogP contribution < -0.4 is 5.32 Å². The van der Waals surface area contributed by atoms with Gasteiger partial charge < -0.3 is 5.32 Å². The SMILES string of the molecule is Cc1cc(CCCCCNC2CC2)sc1Cl. The highest BCUT2D eigenvalue weighted by Gasteiger charge is 2.19. The minimum atomic E-state index is 0.860. The first-order chi connectivity index (χ1) is 7.75. The van der Waals surface area contributed by atoms with Gasteiger partial charge in [0.1, 0.15) is 0 Å². The maximum Gasteiger partial charge on any atom is 0.0960 e. The Kier molecular flexibility index (Phi) is 4.68. The molecule has 90 valence electrons. The van der Waals surface area contributed by atoms with E-state index in [2.05, 4.69) is 18.3 Å². The van der Waals surface area contributed by atoms with Crippen LogP contribution >= 0.6 is 22.9 Å². The zero-order chi connectivity index (χ0) is 11.4. The van der Waals surface area contributed by atoms with E-state index in [0.717, 1.165) is 10.4 Å². The van der Waals surface area contributed by atoms with E-state index in [1.807, 2.05) is 0 Å². The summed E-state index contributed by atoms with van der Waals surface area (Å²) in [6, 6.07) is 3.09. The molecule has 0 spiro atoms. The minimum Gasteiger partial charge on any atom is -0.314 e. The second-order valence-corrected chi connectivity index (χ2v) is 6.45. The van der Waals surface area contributed by atoms with Gasteiger partial charge >= 0.3 is 0 Å². The van der Waals surface area contributed by atoms with Gasteiger partial charge in [-0.15, -0.1) is 11.3 Å². The quantitative estimate of drug-likeness (QED) is 0.723. The monoisotopic (exact) mass is 257 g/mol. The van der Waals surface area contributed by atoms with Crippen LogP contribution in [-0.4, -0.2) is 12.6 Å². The van der Waals surface area contributed by atoms with Crippen LogP contribution in [0.1, 0.15) is 42.5 Å². The van der Waals surface area contributed by atoms with Crippen LogP contribution in [0.15, 0.2) is 6.07 Å². The lowest BCUT2D eigenvalue weighted by molar-refractivity contribution is 0.601. The molecule has 1 nitrogen and oxygen atoms in total. The zero-order valence-corrected chi connectivity index (χ0v) is 11.5. The van der Waals surface area contributed by atoms with Crippen molar-refractivity contribution in [3.05, 3.63) is 20.8 Å². The molecule has 1 saturated carbocycles. The van der Waals surface area contributed by atoms with Gasteiger partial charge in [-0.3, -0.25) is 0 Å². The first kappa shape index (κ1) is 12.4. The van der Waals surface area contributed by atoms with Crippen molar-refractivity contribution in [3.8, 4) is 0 Å². The largest absolute Gasteiger partial charge is 0.314 e. The molecule has 0 bridgehead atoms. The van der Waals surface area contributed by atoms with Crippen LogP contribution in [0.2, 0.25) is 4.34 Å². The van der Waals surface area contributed by atoms with Gasteiger partial charge in [-0.05, 0) is 57.2 Å². The summed E-state index contributed by atoms with van der Waals surface area (Å²) in [7, 11) is 0. The summed E-state index contributed by atoms with van der Waals surface area (Å²) in [5, 5.41) is 3.55. The average molecular weight is 258 g/mol. The van der Waals surface area contributed by atoms with E-state index in [4.69, 9.17) is 11.6 Å². The van der Waals surface area contributed by atoms with Crippen molar-refractivity contribution in [2.24, 2.45) is 0 Å². The van der Waals surface area contributed by atoms with Gasteiger partial charge in [0.25, 0.3) is 0 Å². The number of thiophene rings is 1. The van der Waals surface area contributed by atoms with E-state index in [-0.39, 0.29) is 0 Å². The minimum absolute atomic E-state index is 0.860. The molecule has 1 aromatic heterocycles. The molecule has 1 heterocycles. The van der Waals surface area contributed by atoms with Crippen LogP contribution in [-0.2, 0) is 6.42 Å². The molecule has 0 atom stereocenters. The van der Waals surface area contributed by atoms with Gasteiger partial charge in [0, 0.05) is 10.9 Å². The van der Waals surface area contributed by atoms with Crippen molar-refractivity contribution >= 4 is 22.9 Å². The molecule has 0 amide bonds. The Bertz CT molecular complexity index is 311. The molecule has 16 heavy (non-hydrogen) atoms. The third-order valence-corrected chi connectivity index (χ3v) is 4.63. The molecule has 1 aliphatic carbocycles. The second kappa shape index (κ2) is 6.04. The number of aryl methyl sites for hydroxylation is 2. The number of halogens is 1. The molecule has 0 unspecified atom stereocenters. The van der Waals surface area contributed by atoms with Crippen LogP contribution in [0.5, 0.6) is 0 Å². The highest BCUT2D eigenvalue weighted by atomic mass is 35.5. The summed E-state index contributed by atoms with van der Waals surface area (Å²) >= 11 is 7.79. The molecule has 1 aromatic rings. The lowest BCUT2D eigenvalue weighted by Gasteiger charge is -2.01. The summed E-state index contributed by atoms with van der Waals surface area (Å²) in [5.74, 6) is 0. The molecule has 0 aliphatic heterocycles. The van der Waals surface area contributed by atoms with Gasteiger partial charge in [-0.25, -0.2) is 0 Å². The van der Waals surface area contributed by atoms with E-state index in [1.165, 1.54) is 55.5 Å². The maximum absolute atomic E-state index is 6.04. The van der Waals surface area contributed by atoms with Crippen molar-refractivity contribution in [3.63, 3.8) is 0 Å². The topological polar surface area (TPSA) is 12.0 Å². The molecule has 1 fully saturated rings. The second-order valence-electron chi connectivity index (χ2n) is 4.71. The Morgan fingerprint density at radius 3 is 2.81 bits per heavy atom. The van der Waals surface area contributed by atoms with Gasteiger partial charge in [0.2, 0.25) is 0 Å². The van der Waals surface area contributed by atoms with E-state index < -0.39 is 0 Å². The van der Waals surface area contributed by atoms with Crippen molar-refractivity contribution < 1.29 is 0 Å². The number of unbranched alkanes of at least 4 members (excludes halogenated alkanes) is 2. The number of hydrogen-bond acceptors (Lipinski definition) is 2. The number of nitrogens with one attached hydrogen (secondary N) is 1.